The third-order valence-corrected chi connectivity index (χ3v) is 3.98. The van der Waals surface area contributed by atoms with Gasteiger partial charge in [0.25, 0.3) is 5.91 Å². The van der Waals surface area contributed by atoms with E-state index >= 15 is 0 Å². The number of rotatable bonds is 5. The van der Waals surface area contributed by atoms with Crippen LogP contribution in [0.3, 0.4) is 0 Å². The largest absolute Gasteiger partial charge is 0.504 e. The van der Waals surface area contributed by atoms with Gasteiger partial charge < -0.3 is 20.3 Å². The van der Waals surface area contributed by atoms with Crippen LogP contribution < -0.4 is 10.1 Å². The van der Waals surface area contributed by atoms with Gasteiger partial charge in [0.1, 0.15) is 0 Å². The van der Waals surface area contributed by atoms with Crippen LogP contribution in [0.1, 0.15) is 5.69 Å². The zero-order chi connectivity index (χ0) is 21.2. The second-order valence-corrected chi connectivity index (χ2v) is 6.18. The highest BCUT2D eigenvalue weighted by Gasteiger charge is 2.36. The number of benzene rings is 2. The zero-order valence-electron chi connectivity index (χ0n) is 14.4. The maximum absolute atomic E-state index is 13.1. The van der Waals surface area contributed by atoms with Crippen molar-refractivity contribution in [2.24, 2.45) is 0 Å². The maximum Gasteiger partial charge on any atom is 0.435 e. The van der Waals surface area contributed by atoms with E-state index in [4.69, 9.17) is 16.3 Å². The molecule has 0 radical (unpaired) electrons. The normalized spacial score (nSPS) is 11.3. The Balaban J connectivity index is 1.80. The van der Waals surface area contributed by atoms with E-state index < -0.39 is 30.1 Å². The number of nitrogens with one attached hydrogen (secondary N) is 1. The molecule has 3 rings (SSSR count). The molecular weight excluding hydrogens is 415 g/mol. The van der Waals surface area contributed by atoms with Crippen molar-refractivity contribution in [1.29, 1.82) is 0 Å². The van der Waals surface area contributed by atoms with Crippen molar-refractivity contribution in [3.8, 4) is 23.1 Å². The first kappa shape index (κ1) is 20.3. The molecule has 0 fully saturated rings. The number of aromatic hydroxyl groups is 2. The summed E-state index contributed by atoms with van der Waals surface area (Å²) in [7, 11) is 0. The Bertz CT molecular complexity index is 1050. The van der Waals surface area contributed by atoms with Crippen molar-refractivity contribution in [3.63, 3.8) is 0 Å². The monoisotopic (exact) mass is 427 g/mol. The van der Waals surface area contributed by atoms with E-state index in [0.29, 0.717) is 6.07 Å². The molecule has 0 aliphatic carbocycles. The molecule has 0 bridgehead atoms. The first-order chi connectivity index (χ1) is 13.6. The summed E-state index contributed by atoms with van der Waals surface area (Å²) < 4.78 is 45.3. The van der Waals surface area contributed by atoms with E-state index in [-0.39, 0.29) is 28.0 Å². The number of anilines is 1. The molecule has 0 aliphatic rings. The summed E-state index contributed by atoms with van der Waals surface area (Å²) >= 11 is 6.03. The summed E-state index contributed by atoms with van der Waals surface area (Å²) in [6, 6.07) is 10.3. The molecule has 3 N–H and O–H groups in total. The summed E-state index contributed by atoms with van der Waals surface area (Å²) in [5.74, 6) is -1.87. The lowest BCUT2D eigenvalue weighted by atomic mass is 10.3. The highest BCUT2D eigenvalue weighted by Crippen LogP contribution is 2.33. The molecule has 0 spiro atoms. The number of carbonyl (C=O) groups is 1. The number of nitrogens with zero attached hydrogens (tertiary/aromatic N) is 2. The van der Waals surface area contributed by atoms with Crippen LogP contribution >= 0.6 is 11.6 Å². The number of para-hydroxylation sites is 1. The number of aromatic nitrogens is 2. The molecule has 0 atom stereocenters. The van der Waals surface area contributed by atoms with E-state index in [1.54, 1.807) is 12.1 Å². The summed E-state index contributed by atoms with van der Waals surface area (Å²) in [4.78, 5) is 12.0. The standard InChI is InChI=1S/C18H13ClF3N3O4/c19-11-3-1-2-4-12(11)25-17(8-15(24-25)18(20,21)22)29-9-16(28)23-10-5-6-13(26)14(27)7-10/h1-8,26-27H,9H2,(H,23,28). The number of amides is 1. The fourth-order valence-corrected chi connectivity index (χ4v) is 2.55. The van der Waals surface area contributed by atoms with Gasteiger partial charge in [-0.2, -0.15) is 23.0 Å². The molecule has 2 aromatic carbocycles. The van der Waals surface area contributed by atoms with Crippen molar-refractivity contribution in [2.75, 3.05) is 11.9 Å². The average Bonchev–Trinajstić information content (AvgIpc) is 3.08. The molecule has 0 aliphatic heterocycles. The summed E-state index contributed by atoms with van der Waals surface area (Å²) in [6.07, 6.45) is -4.73. The Labute approximate surface area is 166 Å². The summed E-state index contributed by atoms with van der Waals surface area (Å²) in [5.41, 5.74) is -0.913. The number of phenols is 2. The maximum atomic E-state index is 13.1. The average molecular weight is 428 g/mol. The second-order valence-electron chi connectivity index (χ2n) is 5.77. The lowest BCUT2D eigenvalue weighted by Crippen LogP contribution is -2.21. The molecule has 11 heteroatoms. The van der Waals surface area contributed by atoms with Crippen LogP contribution in [0.2, 0.25) is 5.02 Å². The molecule has 0 saturated carbocycles. The Hall–Kier alpha value is -3.40. The summed E-state index contributed by atoms with van der Waals surface area (Å²) in [5, 5.41) is 24.7. The lowest BCUT2D eigenvalue weighted by Gasteiger charge is -2.11. The molecule has 0 saturated heterocycles. The van der Waals surface area contributed by atoms with Gasteiger partial charge in [-0.3, -0.25) is 4.79 Å². The van der Waals surface area contributed by atoms with Crippen molar-refractivity contribution < 1.29 is 32.9 Å². The molecule has 0 unspecified atom stereocenters. The van der Waals surface area contributed by atoms with Gasteiger partial charge in [0, 0.05) is 17.8 Å². The zero-order valence-corrected chi connectivity index (χ0v) is 15.2. The molecule has 7 nitrogen and oxygen atoms in total. The van der Waals surface area contributed by atoms with Gasteiger partial charge in [0.05, 0.1) is 10.7 Å². The minimum atomic E-state index is -4.73. The van der Waals surface area contributed by atoms with Gasteiger partial charge >= 0.3 is 6.18 Å². The van der Waals surface area contributed by atoms with Crippen LogP contribution in [-0.4, -0.2) is 32.5 Å². The SMILES string of the molecule is O=C(COc1cc(C(F)(F)F)nn1-c1ccccc1Cl)Nc1ccc(O)c(O)c1. The molecule has 3 aromatic rings. The van der Waals surface area contributed by atoms with Crippen LogP contribution in [0.25, 0.3) is 5.69 Å². The van der Waals surface area contributed by atoms with E-state index in [9.17, 15) is 28.2 Å². The van der Waals surface area contributed by atoms with Crippen molar-refractivity contribution in [1.82, 2.24) is 9.78 Å². The lowest BCUT2D eigenvalue weighted by molar-refractivity contribution is -0.141. The van der Waals surface area contributed by atoms with Crippen LogP contribution in [0.5, 0.6) is 17.4 Å². The number of alkyl halides is 3. The van der Waals surface area contributed by atoms with Crippen LogP contribution in [0, 0.1) is 0 Å². The first-order valence-corrected chi connectivity index (χ1v) is 8.40. The number of hydrogen-bond acceptors (Lipinski definition) is 5. The van der Waals surface area contributed by atoms with Gasteiger partial charge in [-0.15, -0.1) is 0 Å². The van der Waals surface area contributed by atoms with E-state index in [0.717, 1.165) is 16.8 Å². The Morgan fingerprint density at radius 1 is 1.14 bits per heavy atom. The van der Waals surface area contributed by atoms with Gasteiger partial charge in [-0.1, -0.05) is 23.7 Å². The Morgan fingerprint density at radius 2 is 1.86 bits per heavy atom. The van der Waals surface area contributed by atoms with Gasteiger partial charge in [0.2, 0.25) is 5.88 Å². The predicted molar refractivity (Wildman–Crippen MR) is 97.5 cm³/mol. The van der Waals surface area contributed by atoms with Crippen LogP contribution in [0.15, 0.2) is 48.5 Å². The fourth-order valence-electron chi connectivity index (χ4n) is 2.34. The Morgan fingerprint density at radius 3 is 2.52 bits per heavy atom. The highest BCUT2D eigenvalue weighted by atomic mass is 35.5. The van der Waals surface area contributed by atoms with Crippen molar-refractivity contribution in [2.45, 2.75) is 6.18 Å². The van der Waals surface area contributed by atoms with E-state index in [2.05, 4.69) is 10.4 Å². The number of hydrogen-bond donors (Lipinski definition) is 3. The minimum Gasteiger partial charge on any atom is -0.504 e. The smallest absolute Gasteiger partial charge is 0.435 e. The molecular formula is C18H13ClF3N3O4. The number of carbonyl (C=O) groups excluding carboxylic acids is 1. The number of ether oxygens (including phenoxy) is 1. The third-order valence-electron chi connectivity index (χ3n) is 3.66. The topological polar surface area (TPSA) is 96.6 Å². The van der Waals surface area contributed by atoms with Crippen LogP contribution in [0.4, 0.5) is 18.9 Å². The molecule has 1 heterocycles. The van der Waals surface area contributed by atoms with Gasteiger partial charge in [0.15, 0.2) is 23.8 Å². The van der Waals surface area contributed by atoms with E-state index in [1.807, 2.05) is 0 Å². The second kappa shape index (κ2) is 7.92. The number of halogens is 4. The molecule has 152 valence electrons. The number of phenolic OH excluding ortho intramolecular Hbond substituents is 2. The van der Waals surface area contributed by atoms with Crippen LogP contribution in [-0.2, 0) is 11.0 Å². The first-order valence-electron chi connectivity index (χ1n) is 8.02. The quantitative estimate of drug-likeness (QED) is 0.423. The van der Waals surface area contributed by atoms with Gasteiger partial charge in [-0.25, -0.2) is 0 Å². The van der Waals surface area contributed by atoms with Crippen molar-refractivity contribution >= 4 is 23.2 Å². The minimum absolute atomic E-state index is 0.137. The third kappa shape index (κ3) is 4.72. The van der Waals surface area contributed by atoms with Crippen molar-refractivity contribution in [3.05, 3.63) is 59.2 Å². The fraction of sp³-hybridized carbons (Fsp3) is 0.111. The molecule has 1 amide bonds. The van der Waals surface area contributed by atoms with E-state index in [1.165, 1.54) is 18.2 Å². The summed E-state index contributed by atoms with van der Waals surface area (Å²) in [6.45, 7) is -0.644. The molecule has 29 heavy (non-hydrogen) atoms. The molecule has 1 aromatic heterocycles. The van der Waals surface area contributed by atoms with Gasteiger partial charge in [-0.05, 0) is 24.3 Å². The highest BCUT2D eigenvalue weighted by molar-refractivity contribution is 6.32. The Kier molecular flexibility index (Phi) is 5.55. The predicted octanol–water partition coefficient (Wildman–Crippen LogP) is 3.97.